The molecule has 0 aliphatic carbocycles. The second kappa shape index (κ2) is 6.47. The van der Waals surface area contributed by atoms with E-state index in [0.29, 0.717) is 11.6 Å². The summed E-state index contributed by atoms with van der Waals surface area (Å²) in [5.74, 6) is -0.146. The molecule has 1 heterocycles. The van der Waals surface area contributed by atoms with Gasteiger partial charge < -0.3 is 10.6 Å². The normalized spacial score (nSPS) is 22.9. The van der Waals surface area contributed by atoms with E-state index in [1.165, 1.54) is 6.07 Å². The Morgan fingerprint density at radius 2 is 2.19 bits per heavy atom. The quantitative estimate of drug-likeness (QED) is 0.901. The average Bonchev–Trinajstić information content (AvgIpc) is 2.44. The summed E-state index contributed by atoms with van der Waals surface area (Å²) in [6, 6.07) is 5.34. The third-order valence-electron chi connectivity index (χ3n) is 3.72. The van der Waals surface area contributed by atoms with Crippen molar-refractivity contribution in [3.05, 3.63) is 35.4 Å². The van der Waals surface area contributed by atoms with Crippen molar-refractivity contribution in [1.29, 1.82) is 0 Å². The van der Waals surface area contributed by atoms with Crippen LogP contribution in [0.1, 0.15) is 30.9 Å². The molecule has 2 unspecified atom stereocenters. The molecule has 2 atom stereocenters. The first-order chi connectivity index (χ1) is 9.86. The number of rotatable bonds is 3. The summed E-state index contributed by atoms with van der Waals surface area (Å²) in [6.45, 7) is 2.94. The van der Waals surface area contributed by atoms with Crippen LogP contribution < -0.4 is 10.6 Å². The molecule has 1 saturated heterocycles. The van der Waals surface area contributed by atoms with E-state index in [1.54, 1.807) is 6.07 Å². The fourth-order valence-corrected chi connectivity index (χ4v) is 2.56. The molecule has 1 amide bonds. The molecular weight excluding hydrogens is 281 g/mol. The van der Waals surface area contributed by atoms with Crippen molar-refractivity contribution in [2.24, 2.45) is 5.92 Å². The van der Waals surface area contributed by atoms with Crippen molar-refractivity contribution >= 4 is 5.91 Å². The number of piperidine rings is 1. The van der Waals surface area contributed by atoms with E-state index in [1.807, 2.05) is 6.92 Å². The summed E-state index contributed by atoms with van der Waals surface area (Å²) in [7, 11) is 0. The molecule has 21 heavy (non-hydrogen) atoms. The molecule has 1 aromatic carbocycles. The molecule has 0 aromatic heterocycles. The second-order valence-corrected chi connectivity index (χ2v) is 5.49. The highest BCUT2D eigenvalue weighted by Gasteiger charge is 2.30. The van der Waals surface area contributed by atoms with E-state index >= 15 is 0 Å². The molecule has 2 N–H and O–H groups in total. The molecule has 0 radical (unpaired) electrons. The highest BCUT2D eigenvalue weighted by molar-refractivity contribution is 5.78. The Morgan fingerprint density at radius 3 is 2.86 bits per heavy atom. The minimum absolute atomic E-state index is 0.0629. The summed E-state index contributed by atoms with van der Waals surface area (Å²) >= 11 is 0. The highest BCUT2D eigenvalue weighted by atomic mass is 19.4. The largest absolute Gasteiger partial charge is 0.416 e. The molecule has 1 aliphatic heterocycles. The van der Waals surface area contributed by atoms with Crippen molar-refractivity contribution in [3.63, 3.8) is 0 Å². The van der Waals surface area contributed by atoms with Gasteiger partial charge in [0.1, 0.15) is 0 Å². The topological polar surface area (TPSA) is 41.1 Å². The molecule has 1 fully saturated rings. The Morgan fingerprint density at radius 1 is 1.43 bits per heavy atom. The van der Waals surface area contributed by atoms with Gasteiger partial charge in [0, 0.05) is 18.5 Å². The summed E-state index contributed by atoms with van der Waals surface area (Å²) in [5, 5.41) is 5.99. The lowest BCUT2D eigenvalue weighted by atomic mass is 9.92. The van der Waals surface area contributed by atoms with E-state index in [2.05, 4.69) is 10.6 Å². The fourth-order valence-electron chi connectivity index (χ4n) is 2.56. The van der Waals surface area contributed by atoms with Crippen LogP contribution >= 0.6 is 0 Å². The predicted molar refractivity (Wildman–Crippen MR) is 73.5 cm³/mol. The Labute approximate surface area is 121 Å². The summed E-state index contributed by atoms with van der Waals surface area (Å²) in [6.07, 6.45) is -2.84. The third-order valence-corrected chi connectivity index (χ3v) is 3.72. The highest BCUT2D eigenvalue weighted by Crippen LogP contribution is 2.29. The van der Waals surface area contributed by atoms with Crippen LogP contribution in [0, 0.1) is 5.92 Å². The lowest BCUT2D eigenvalue weighted by molar-refractivity contribution is -0.137. The van der Waals surface area contributed by atoms with Crippen molar-refractivity contribution in [2.45, 2.75) is 38.5 Å². The SMILES string of the molecule is CC1CC(C(=O)NCc2cccc(C(F)(F)F)c2)CCN1. The fraction of sp³-hybridized carbons (Fsp3) is 0.533. The average molecular weight is 300 g/mol. The van der Waals surface area contributed by atoms with E-state index in [9.17, 15) is 18.0 Å². The van der Waals surface area contributed by atoms with Crippen molar-refractivity contribution < 1.29 is 18.0 Å². The molecule has 1 aliphatic rings. The van der Waals surface area contributed by atoms with Gasteiger partial charge in [0.25, 0.3) is 0 Å². The number of carbonyl (C=O) groups excluding carboxylic acids is 1. The van der Waals surface area contributed by atoms with E-state index in [-0.39, 0.29) is 18.4 Å². The molecule has 0 saturated carbocycles. The number of halogens is 3. The Hall–Kier alpha value is -1.56. The van der Waals surface area contributed by atoms with Crippen LogP contribution in [0.15, 0.2) is 24.3 Å². The van der Waals surface area contributed by atoms with Gasteiger partial charge in [-0.15, -0.1) is 0 Å². The van der Waals surface area contributed by atoms with Crippen LogP contribution in [0.4, 0.5) is 13.2 Å². The minimum atomic E-state index is -4.36. The van der Waals surface area contributed by atoms with Gasteiger partial charge in [0.15, 0.2) is 0 Å². The van der Waals surface area contributed by atoms with Gasteiger partial charge >= 0.3 is 6.18 Å². The van der Waals surface area contributed by atoms with Gasteiger partial charge in [0.05, 0.1) is 5.56 Å². The molecule has 0 spiro atoms. The van der Waals surface area contributed by atoms with Crippen molar-refractivity contribution in [3.8, 4) is 0 Å². The molecule has 6 heteroatoms. The van der Waals surface area contributed by atoms with Gasteiger partial charge in [-0.05, 0) is 44.0 Å². The summed E-state index contributed by atoms with van der Waals surface area (Å²) in [5.41, 5.74) is -0.232. The predicted octanol–water partition coefficient (Wildman–Crippen LogP) is 2.71. The van der Waals surface area contributed by atoms with Crippen molar-refractivity contribution in [1.82, 2.24) is 10.6 Å². The maximum atomic E-state index is 12.6. The summed E-state index contributed by atoms with van der Waals surface area (Å²) < 4.78 is 37.8. The standard InChI is InChI=1S/C15H19F3N2O/c1-10-7-12(5-6-19-10)14(21)20-9-11-3-2-4-13(8-11)15(16,17)18/h2-4,8,10,12,19H,5-7,9H2,1H3,(H,20,21). The number of hydrogen-bond acceptors (Lipinski definition) is 2. The number of nitrogens with one attached hydrogen (secondary N) is 2. The van der Waals surface area contributed by atoms with Gasteiger partial charge in [-0.3, -0.25) is 4.79 Å². The molecule has 116 valence electrons. The lowest BCUT2D eigenvalue weighted by Crippen LogP contribution is -2.42. The first-order valence-electron chi connectivity index (χ1n) is 7.03. The smallest absolute Gasteiger partial charge is 0.352 e. The van der Waals surface area contributed by atoms with Gasteiger partial charge in [-0.25, -0.2) is 0 Å². The molecule has 0 bridgehead atoms. The number of alkyl halides is 3. The van der Waals surface area contributed by atoms with Crippen LogP contribution in [0.25, 0.3) is 0 Å². The first-order valence-corrected chi connectivity index (χ1v) is 7.03. The van der Waals surface area contributed by atoms with Crippen molar-refractivity contribution in [2.75, 3.05) is 6.54 Å². The van der Waals surface area contributed by atoms with Crippen LogP contribution in [0.2, 0.25) is 0 Å². The number of hydrogen-bond donors (Lipinski definition) is 2. The zero-order chi connectivity index (χ0) is 15.5. The maximum Gasteiger partial charge on any atom is 0.416 e. The molecule has 3 nitrogen and oxygen atoms in total. The van der Waals surface area contributed by atoms with Gasteiger partial charge in [-0.2, -0.15) is 13.2 Å². The Bertz CT molecular complexity index is 502. The number of amides is 1. The zero-order valence-electron chi connectivity index (χ0n) is 11.8. The molecular formula is C15H19F3N2O. The second-order valence-electron chi connectivity index (χ2n) is 5.49. The Kier molecular flexibility index (Phi) is 4.88. The Balaban J connectivity index is 1.92. The van der Waals surface area contributed by atoms with E-state index < -0.39 is 11.7 Å². The zero-order valence-corrected chi connectivity index (χ0v) is 11.8. The number of benzene rings is 1. The van der Waals surface area contributed by atoms with Gasteiger partial charge in [0.2, 0.25) is 5.91 Å². The molecule has 2 rings (SSSR count). The van der Waals surface area contributed by atoms with Crippen LogP contribution in [-0.2, 0) is 17.5 Å². The van der Waals surface area contributed by atoms with E-state index in [4.69, 9.17) is 0 Å². The van der Waals surface area contributed by atoms with Crippen LogP contribution in [-0.4, -0.2) is 18.5 Å². The number of carbonyl (C=O) groups is 1. The van der Waals surface area contributed by atoms with E-state index in [0.717, 1.165) is 31.5 Å². The monoisotopic (exact) mass is 300 g/mol. The first kappa shape index (κ1) is 15.8. The minimum Gasteiger partial charge on any atom is -0.352 e. The third kappa shape index (κ3) is 4.46. The lowest BCUT2D eigenvalue weighted by Gasteiger charge is -2.27. The summed E-state index contributed by atoms with van der Waals surface area (Å²) in [4.78, 5) is 12.0. The molecule has 1 aromatic rings. The van der Waals surface area contributed by atoms with Crippen LogP contribution in [0.5, 0.6) is 0 Å². The van der Waals surface area contributed by atoms with Gasteiger partial charge in [-0.1, -0.05) is 12.1 Å². The van der Waals surface area contributed by atoms with Crippen LogP contribution in [0.3, 0.4) is 0 Å². The maximum absolute atomic E-state index is 12.6.